The summed E-state index contributed by atoms with van der Waals surface area (Å²) in [5.41, 5.74) is 3.49. The predicted molar refractivity (Wildman–Crippen MR) is 120 cm³/mol. The molecule has 0 atom stereocenters. The van der Waals surface area contributed by atoms with Crippen LogP contribution in [0.15, 0.2) is 66.7 Å². The summed E-state index contributed by atoms with van der Waals surface area (Å²) < 4.78 is 15.8. The van der Waals surface area contributed by atoms with Crippen molar-refractivity contribution < 1.29 is 19.3 Å². The van der Waals surface area contributed by atoms with Crippen molar-refractivity contribution >= 4 is 0 Å². The Kier molecular flexibility index (Phi) is 7.61. The SMILES string of the molecule is COc1ccc(CCC(CCc2ccc(OC)cc2)c2ccc(OC)cc2O)cc1. The molecule has 4 heteroatoms. The van der Waals surface area contributed by atoms with Crippen LogP contribution >= 0.6 is 0 Å². The van der Waals surface area contributed by atoms with Crippen molar-refractivity contribution in [1.82, 2.24) is 0 Å². The van der Waals surface area contributed by atoms with Gasteiger partial charge < -0.3 is 19.3 Å². The van der Waals surface area contributed by atoms with E-state index in [0.29, 0.717) is 11.5 Å². The molecule has 0 spiro atoms. The van der Waals surface area contributed by atoms with Gasteiger partial charge in [0, 0.05) is 6.07 Å². The molecule has 0 aliphatic heterocycles. The molecule has 1 N–H and O–H groups in total. The highest BCUT2D eigenvalue weighted by molar-refractivity contribution is 5.42. The molecular formula is C26H30O4. The second-order valence-corrected chi connectivity index (χ2v) is 7.40. The van der Waals surface area contributed by atoms with Gasteiger partial charge in [-0.1, -0.05) is 30.3 Å². The maximum Gasteiger partial charge on any atom is 0.122 e. The van der Waals surface area contributed by atoms with Crippen LogP contribution in [0.25, 0.3) is 0 Å². The summed E-state index contributed by atoms with van der Waals surface area (Å²) in [5.74, 6) is 2.93. The molecule has 0 bridgehead atoms. The number of methoxy groups -OCH3 is 3. The second-order valence-electron chi connectivity index (χ2n) is 7.40. The van der Waals surface area contributed by atoms with E-state index in [1.165, 1.54) is 11.1 Å². The molecule has 0 aliphatic carbocycles. The summed E-state index contributed by atoms with van der Waals surface area (Å²) in [4.78, 5) is 0. The lowest BCUT2D eigenvalue weighted by molar-refractivity contribution is 0.404. The first kappa shape index (κ1) is 21.6. The van der Waals surface area contributed by atoms with Gasteiger partial charge in [-0.25, -0.2) is 0 Å². The van der Waals surface area contributed by atoms with Crippen molar-refractivity contribution in [2.24, 2.45) is 0 Å². The number of benzene rings is 3. The van der Waals surface area contributed by atoms with Crippen molar-refractivity contribution in [3.05, 3.63) is 83.4 Å². The van der Waals surface area contributed by atoms with E-state index < -0.39 is 0 Å². The number of rotatable bonds is 10. The summed E-state index contributed by atoms with van der Waals surface area (Å²) in [5, 5.41) is 10.6. The van der Waals surface area contributed by atoms with Crippen LogP contribution in [-0.2, 0) is 12.8 Å². The first-order valence-electron chi connectivity index (χ1n) is 10.3. The third-order valence-corrected chi connectivity index (χ3v) is 5.56. The average Bonchev–Trinajstić information content (AvgIpc) is 2.80. The summed E-state index contributed by atoms with van der Waals surface area (Å²) >= 11 is 0. The summed E-state index contributed by atoms with van der Waals surface area (Å²) in [7, 11) is 4.96. The standard InChI is InChI=1S/C26H30O4/c1-28-22-12-6-19(7-13-22)4-10-21(25-17-16-24(30-3)18-26(25)27)11-5-20-8-14-23(29-2)15-9-20/h6-9,12-18,21,27H,4-5,10-11H2,1-3H3. The van der Waals surface area contributed by atoms with E-state index >= 15 is 0 Å². The minimum absolute atomic E-state index is 0.236. The molecule has 0 fully saturated rings. The molecule has 0 radical (unpaired) electrons. The van der Waals surface area contributed by atoms with Crippen molar-refractivity contribution in [3.8, 4) is 23.0 Å². The first-order chi connectivity index (χ1) is 14.6. The zero-order valence-corrected chi connectivity index (χ0v) is 17.9. The monoisotopic (exact) mass is 406 g/mol. The van der Waals surface area contributed by atoms with Crippen LogP contribution in [0.2, 0.25) is 0 Å². The van der Waals surface area contributed by atoms with Crippen molar-refractivity contribution in [3.63, 3.8) is 0 Å². The van der Waals surface area contributed by atoms with Crippen LogP contribution < -0.4 is 14.2 Å². The molecule has 0 heterocycles. The predicted octanol–water partition coefficient (Wildman–Crippen LogP) is 5.77. The van der Waals surface area contributed by atoms with Crippen molar-refractivity contribution in [2.45, 2.75) is 31.6 Å². The van der Waals surface area contributed by atoms with E-state index in [-0.39, 0.29) is 5.92 Å². The molecule has 0 aliphatic rings. The van der Waals surface area contributed by atoms with Gasteiger partial charge >= 0.3 is 0 Å². The van der Waals surface area contributed by atoms with Gasteiger partial charge in [0.2, 0.25) is 0 Å². The van der Waals surface area contributed by atoms with E-state index in [2.05, 4.69) is 24.3 Å². The Hall–Kier alpha value is -3.14. The quantitative estimate of drug-likeness (QED) is 0.464. The van der Waals surface area contributed by atoms with Crippen LogP contribution in [-0.4, -0.2) is 26.4 Å². The summed E-state index contributed by atoms with van der Waals surface area (Å²) in [6.45, 7) is 0. The fourth-order valence-electron chi connectivity index (χ4n) is 3.72. The van der Waals surface area contributed by atoms with Gasteiger partial charge in [0.15, 0.2) is 0 Å². The van der Waals surface area contributed by atoms with Crippen molar-refractivity contribution in [1.29, 1.82) is 0 Å². The zero-order valence-electron chi connectivity index (χ0n) is 17.9. The number of hydrogen-bond acceptors (Lipinski definition) is 4. The number of ether oxygens (including phenoxy) is 3. The average molecular weight is 407 g/mol. The molecular weight excluding hydrogens is 376 g/mol. The Balaban J connectivity index is 1.74. The molecule has 0 saturated carbocycles. The molecule has 0 saturated heterocycles. The Morgan fingerprint density at radius 1 is 0.633 bits per heavy atom. The molecule has 0 aromatic heterocycles. The molecule has 3 aromatic carbocycles. The van der Waals surface area contributed by atoms with E-state index in [1.807, 2.05) is 36.4 Å². The Morgan fingerprint density at radius 2 is 1.07 bits per heavy atom. The normalized spacial score (nSPS) is 10.8. The second kappa shape index (κ2) is 10.6. The maximum atomic E-state index is 10.6. The highest BCUT2D eigenvalue weighted by Crippen LogP contribution is 2.35. The number of phenolic OH excluding ortho intramolecular Hbond substituents is 1. The first-order valence-corrected chi connectivity index (χ1v) is 10.3. The van der Waals surface area contributed by atoms with Crippen LogP contribution in [0.1, 0.15) is 35.4 Å². The summed E-state index contributed by atoms with van der Waals surface area (Å²) in [6, 6.07) is 22.0. The molecule has 0 amide bonds. The Labute approximate surface area is 179 Å². The van der Waals surface area contributed by atoms with Crippen LogP contribution in [0.5, 0.6) is 23.0 Å². The number of hydrogen-bond donors (Lipinski definition) is 1. The van der Waals surface area contributed by atoms with Gasteiger partial charge in [-0.3, -0.25) is 0 Å². The van der Waals surface area contributed by atoms with Crippen LogP contribution in [0.4, 0.5) is 0 Å². The summed E-state index contributed by atoms with van der Waals surface area (Å²) in [6.07, 6.45) is 3.76. The smallest absolute Gasteiger partial charge is 0.122 e. The number of aryl methyl sites for hydroxylation is 2. The molecule has 4 nitrogen and oxygen atoms in total. The maximum absolute atomic E-state index is 10.6. The minimum atomic E-state index is 0.236. The Bertz CT molecular complexity index is 865. The van der Waals surface area contributed by atoms with Crippen LogP contribution in [0, 0.1) is 0 Å². The third-order valence-electron chi connectivity index (χ3n) is 5.56. The fraction of sp³-hybridized carbons (Fsp3) is 0.308. The Morgan fingerprint density at radius 3 is 1.47 bits per heavy atom. The zero-order chi connectivity index (χ0) is 21.3. The lowest BCUT2D eigenvalue weighted by atomic mass is 9.86. The van der Waals surface area contributed by atoms with E-state index in [0.717, 1.165) is 42.7 Å². The largest absolute Gasteiger partial charge is 0.508 e. The van der Waals surface area contributed by atoms with Crippen molar-refractivity contribution in [2.75, 3.05) is 21.3 Å². The van der Waals surface area contributed by atoms with Gasteiger partial charge in [-0.15, -0.1) is 0 Å². The number of aromatic hydroxyl groups is 1. The number of phenols is 1. The lowest BCUT2D eigenvalue weighted by Gasteiger charge is -2.19. The third kappa shape index (κ3) is 5.69. The van der Waals surface area contributed by atoms with Gasteiger partial charge in [0.1, 0.15) is 23.0 Å². The van der Waals surface area contributed by atoms with E-state index in [9.17, 15) is 5.11 Å². The fourth-order valence-corrected chi connectivity index (χ4v) is 3.72. The van der Waals surface area contributed by atoms with E-state index in [4.69, 9.17) is 14.2 Å². The van der Waals surface area contributed by atoms with Gasteiger partial charge in [-0.05, 0) is 78.6 Å². The van der Waals surface area contributed by atoms with Gasteiger partial charge in [0.05, 0.1) is 21.3 Å². The molecule has 0 unspecified atom stereocenters. The van der Waals surface area contributed by atoms with Gasteiger partial charge in [0.25, 0.3) is 0 Å². The topological polar surface area (TPSA) is 47.9 Å². The molecule has 3 rings (SSSR count). The molecule has 158 valence electrons. The highest BCUT2D eigenvalue weighted by atomic mass is 16.5. The van der Waals surface area contributed by atoms with Gasteiger partial charge in [-0.2, -0.15) is 0 Å². The minimum Gasteiger partial charge on any atom is -0.508 e. The highest BCUT2D eigenvalue weighted by Gasteiger charge is 2.17. The molecule has 3 aromatic rings. The van der Waals surface area contributed by atoms with Crippen LogP contribution in [0.3, 0.4) is 0 Å². The van der Waals surface area contributed by atoms with E-state index in [1.54, 1.807) is 27.4 Å². The lowest BCUT2D eigenvalue weighted by Crippen LogP contribution is -2.04. The molecule has 30 heavy (non-hydrogen) atoms.